The van der Waals surface area contributed by atoms with Crippen molar-refractivity contribution < 1.29 is 9.90 Å². The lowest BCUT2D eigenvalue weighted by Crippen LogP contribution is -2.39. The Morgan fingerprint density at radius 3 is 2.56 bits per heavy atom. The van der Waals surface area contributed by atoms with Gasteiger partial charge in [0, 0.05) is 19.2 Å². The zero-order chi connectivity index (χ0) is 13.3. The highest BCUT2D eigenvalue weighted by atomic mass is 16.3. The molecule has 0 spiro atoms. The van der Waals surface area contributed by atoms with E-state index in [0.717, 1.165) is 30.5 Å². The second-order valence-electron chi connectivity index (χ2n) is 5.48. The maximum atomic E-state index is 12.2. The fraction of sp³-hybridized carbons (Fsp3) is 0.533. The van der Waals surface area contributed by atoms with E-state index in [1.165, 1.54) is 5.56 Å². The molecule has 98 valence electrons. The number of rotatable bonds is 3. The Bertz CT molecular complexity index is 450. The molecule has 0 aromatic heterocycles. The van der Waals surface area contributed by atoms with Crippen molar-refractivity contribution in [2.24, 2.45) is 5.92 Å². The summed E-state index contributed by atoms with van der Waals surface area (Å²) < 4.78 is 0. The molecule has 0 bridgehead atoms. The van der Waals surface area contributed by atoms with E-state index in [9.17, 15) is 9.90 Å². The van der Waals surface area contributed by atoms with Gasteiger partial charge < -0.3 is 10.0 Å². The standard InChI is InChI=1S/C15H21NO2/c1-10-4-5-13(6-11(10)2)15(18)16(3)9-12-7-14(17)8-12/h4-6,12,14,17H,7-9H2,1-3H3. The monoisotopic (exact) mass is 247 g/mol. The number of hydrogen-bond acceptors (Lipinski definition) is 2. The van der Waals surface area contributed by atoms with E-state index in [-0.39, 0.29) is 12.0 Å². The fourth-order valence-corrected chi connectivity index (χ4v) is 2.41. The van der Waals surface area contributed by atoms with E-state index in [4.69, 9.17) is 0 Å². The highest BCUT2D eigenvalue weighted by molar-refractivity contribution is 5.94. The van der Waals surface area contributed by atoms with Crippen LogP contribution < -0.4 is 0 Å². The van der Waals surface area contributed by atoms with Gasteiger partial charge in [0.05, 0.1) is 6.10 Å². The van der Waals surface area contributed by atoms with Crippen LogP contribution in [0.4, 0.5) is 0 Å². The predicted octanol–water partition coefficient (Wildman–Crippen LogP) is 2.15. The molecule has 1 fully saturated rings. The van der Waals surface area contributed by atoms with E-state index < -0.39 is 0 Å². The average Bonchev–Trinajstić information content (AvgIpc) is 2.29. The number of aryl methyl sites for hydroxylation is 2. The molecule has 0 heterocycles. The maximum absolute atomic E-state index is 12.2. The first-order valence-corrected chi connectivity index (χ1v) is 6.48. The Morgan fingerprint density at radius 1 is 1.33 bits per heavy atom. The number of carbonyl (C=O) groups is 1. The number of aliphatic hydroxyl groups is 1. The van der Waals surface area contributed by atoms with Crippen molar-refractivity contribution in [3.8, 4) is 0 Å². The molecule has 1 amide bonds. The van der Waals surface area contributed by atoms with Crippen LogP contribution in [-0.4, -0.2) is 35.6 Å². The SMILES string of the molecule is Cc1ccc(C(=O)N(C)CC2CC(O)C2)cc1C. The molecule has 1 aromatic carbocycles. The van der Waals surface area contributed by atoms with E-state index in [1.54, 1.807) is 4.90 Å². The minimum Gasteiger partial charge on any atom is -0.393 e. The van der Waals surface area contributed by atoms with Crippen LogP contribution in [0.1, 0.15) is 34.3 Å². The lowest BCUT2D eigenvalue weighted by atomic mass is 9.82. The molecule has 1 aliphatic rings. The molecule has 3 nitrogen and oxygen atoms in total. The quantitative estimate of drug-likeness (QED) is 0.889. The summed E-state index contributed by atoms with van der Waals surface area (Å²) in [6.07, 6.45) is 1.50. The van der Waals surface area contributed by atoms with E-state index in [2.05, 4.69) is 0 Å². The van der Waals surface area contributed by atoms with E-state index in [0.29, 0.717) is 5.92 Å². The van der Waals surface area contributed by atoms with Crippen LogP contribution in [0.2, 0.25) is 0 Å². The Kier molecular flexibility index (Phi) is 3.71. The van der Waals surface area contributed by atoms with Crippen LogP contribution in [0.5, 0.6) is 0 Å². The number of benzene rings is 1. The van der Waals surface area contributed by atoms with Crippen molar-refractivity contribution in [1.82, 2.24) is 4.90 Å². The molecule has 0 aliphatic heterocycles. The molecule has 18 heavy (non-hydrogen) atoms. The third kappa shape index (κ3) is 2.72. The maximum Gasteiger partial charge on any atom is 0.253 e. The summed E-state index contributed by atoms with van der Waals surface area (Å²) in [4.78, 5) is 14.0. The summed E-state index contributed by atoms with van der Waals surface area (Å²) in [6.45, 7) is 4.81. The van der Waals surface area contributed by atoms with Gasteiger partial charge in [-0.15, -0.1) is 0 Å². The van der Waals surface area contributed by atoms with Crippen LogP contribution in [0.25, 0.3) is 0 Å². The van der Waals surface area contributed by atoms with Gasteiger partial charge in [0.15, 0.2) is 0 Å². The third-order valence-corrected chi connectivity index (χ3v) is 3.84. The molecule has 0 radical (unpaired) electrons. The summed E-state index contributed by atoms with van der Waals surface area (Å²) in [5.41, 5.74) is 3.10. The van der Waals surface area contributed by atoms with Gasteiger partial charge in [0.2, 0.25) is 0 Å². The first-order chi connectivity index (χ1) is 8.47. The van der Waals surface area contributed by atoms with Crippen LogP contribution in [0, 0.1) is 19.8 Å². The van der Waals surface area contributed by atoms with Crippen molar-refractivity contribution in [2.75, 3.05) is 13.6 Å². The lowest BCUT2D eigenvalue weighted by molar-refractivity contribution is 0.0265. The first-order valence-electron chi connectivity index (χ1n) is 6.48. The van der Waals surface area contributed by atoms with Gasteiger partial charge in [0.1, 0.15) is 0 Å². The summed E-state index contributed by atoms with van der Waals surface area (Å²) in [5, 5.41) is 9.25. The van der Waals surface area contributed by atoms with Gasteiger partial charge in [-0.2, -0.15) is 0 Å². The Balaban J connectivity index is 1.99. The van der Waals surface area contributed by atoms with E-state index >= 15 is 0 Å². The Morgan fingerprint density at radius 2 is 2.00 bits per heavy atom. The molecule has 2 rings (SSSR count). The number of amides is 1. The average molecular weight is 247 g/mol. The van der Waals surface area contributed by atoms with Crippen LogP contribution in [0.15, 0.2) is 18.2 Å². The predicted molar refractivity (Wildman–Crippen MR) is 71.6 cm³/mol. The van der Waals surface area contributed by atoms with E-state index in [1.807, 2.05) is 39.1 Å². The minimum absolute atomic E-state index is 0.0690. The van der Waals surface area contributed by atoms with Crippen molar-refractivity contribution in [1.29, 1.82) is 0 Å². The topological polar surface area (TPSA) is 40.5 Å². The molecule has 0 unspecified atom stereocenters. The van der Waals surface area contributed by atoms with Gasteiger partial charge >= 0.3 is 0 Å². The third-order valence-electron chi connectivity index (χ3n) is 3.84. The largest absolute Gasteiger partial charge is 0.393 e. The molecule has 1 aliphatic carbocycles. The molecule has 1 aromatic rings. The van der Waals surface area contributed by atoms with Crippen LogP contribution >= 0.6 is 0 Å². The van der Waals surface area contributed by atoms with Gasteiger partial charge in [0.25, 0.3) is 5.91 Å². The summed E-state index contributed by atoms with van der Waals surface area (Å²) in [5.74, 6) is 0.528. The summed E-state index contributed by atoms with van der Waals surface area (Å²) in [7, 11) is 1.84. The molecular formula is C15H21NO2. The minimum atomic E-state index is -0.153. The summed E-state index contributed by atoms with van der Waals surface area (Å²) >= 11 is 0. The normalized spacial score (nSPS) is 22.4. The van der Waals surface area contributed by atoms with Gasteiger partial charge in [-0.1, -0.05) is 6.07 Å². The highest BCUT2D eigenvalue weighted by Crippen LogP contribution is 2.28. The summed E-state index contributed by atoms with van der Waals surface area (Å²) in [6, 6.07) is 5.82. The zero-order valence-corrected chi connectivity index (χ0v) is 11.3. The van der Waals surface area contributed by atoms with Crippen molar-refractivity contribution >= 4 is 5.91 Å². The number of hydrogen-bond donors (Lipinski definition) is 1. The second kappa shape index (κ2) is 5.11. The number of nitrogens with zero attached hydrogens (tertiary/aromatic N) is 1. The molecular weight excluding hydrogens is 226 g/mol. The Labute approximate surface area is 108 Å². The zero-order valence-electron chi connectivity index (χ0n) is 11.3. The molecule has 0 saturated heterocycles. The van der Waals surface area contributed by atoms with Crippen molar-refractivity contribution in [2.45, 2.75) is 32.8 Å². The van der Waals surface area contributed by atoms with Gasteiger partial charge in [-0.3, -0.25) is 4.79 Å². The Hall–Kier alpha value is -1.35. The van der Waals surface area contributed by atoms with Gasteiger partial charge in [-0.25, -0.2) is 0 Å². The molecule has 1 N–H and O–H groups in total. The van der Waals surface area contributed by atoms with Gasteiger partial charge in [-0.05, 0) is 55.9 Å². The van der Waals surface area contributed by atoms with Crippen LogP contribution in [-0.2, 0) is 0 Å². The molecule has 0 atom stereocenters. The smallest absolute Gasteiger partial charge is 0.253 e. The molecule has 3 heteroatoms. The molecule has 1 saturated carbocycles. The second-order valence-corrected chi connectivity index (χ2v) is 5.48. The van der Waals surface area contributed by atoms with Crippen molar-refractivity contribution in [3.05, 3.63) is 34.9 Å². The fourth-order valence-electron chi connectivity index (χ4n) is 2.41. The van der Waals surface area contributed by atoms with Crippen molar-refractivity contribution in [3.63, 3.8) is 0 Å². The number of carbonyl (C=O) groups excluding carboxylic acids is 1. The highest BCUT2D eigenvalue weighted by Gasteiger charge is 2.29. The number of aliphatic hydroxyl groups excluding tert-OH is 1. The first kappa shape index (κ1) is 13.1. The van der Waals surface area contributed by atoms with Crippen LogP contribution in [0.3, 0.4) is 0 Å². The lowest BCUT2D eigenvalue weighted by Gasteiger charge is -2.34.